The largest absolute Gasteiger partial charge is 0.486 e. The lowest BCUT2D eigenvalue weighted by atomic mass is 10.3. The van der Waals surface area contributed by atoms with Gasteiger partial charge in [-0.2, -0.15) is 0 Å². The molecule has 2 aromatic heterocycles. The van der Waals surface area contributed by atoms with E-state index >= 15 is 0 Å². The molecular formula is C16H16FN3OS. The predicted molar refractivity (Wildman–Crippen MR) is 83.6 cm³/mol. The Kier molecular flexibility index (Phi) is 4.48. The number of imidazole rings is 1. The molecule has 0 spiro atoms. The van der Waals surface area contributed by atoms with Crippen LogP contribution in [0.25, 0.3) is 0 Å². The average Bonchev–Trinajstić information content (AvgIpc) is 3.16. The molecule has 0 N–H and O–H groups in total. The van der Waals surface area contributed by atoms with Gasteiger partial charge in [0.1, 0.15) is 29.0 Å². The zero-order valence-corrected chi connectivity index (χ0v) is 13.0. The topological polar surface area (TPSA) is 39.9 Å². The van der Waals surface area contributed by atoms with E-state index in [2.05, 4.69) is 21.5 Å². The highest BCUT2D eigenvalue weighted by Gasteiger charge is 2.06. The van der Waals surface area contributed by atoms with Gasteiger partial charge in [-0.05, 0) is 24.3 Å². The van der Waals surface area contributed by atoms with Crippen LogP contribution in [-0.4, -0.2) is 14.5 Å². The SMILES string of the molecule is CCc1nccn1Cc1csc(COc2ccc(F)cc2)n1. The molecule has 0 aliphatic carbocycles. The molecule has 4 nitrogen and oxygen atoms in total. The third-order valence-electron chi connectivity index (χ3n) is 3.23. The Bertz CT molecular complexity index is 736. The summed E-state index contributed by atoms with van der Waals surface area (Å²) >= 11 is 1.56. The first kappa shape index (κ1) is 14.7. The number of benzene rings is 1. The summed E-state index contributed by atoms with van der Waals surface area (Å²) in [6.45, 7) is 3.19. The molecule has 3 rings (SSSR count). The maximum Gasteiger partial charge on any atom is 0.140 e. The summed E-state index contributed by atoms with van der Waals surface area (Å²) in [5, 5.41) is 2.93. The third kappa shape index (κ3) is 3.51. The number of thiazole rings is 1. The molecule has 0 aliphatic rings. The van der Waals surface area contributed by atoms with Gasteiger partial charge in [0, 0.05) is 24.2 Å². The molecule has 0 aliphatic heterocycles. The summed E-state index contributed by atoms with van der Waals surface area (Å²) in [5.74, 6) is 1.43. The molecular weight excluding hydrogens is 301 g/mol. The van der Waals surface area contributed by atoms with E-state index in [1.807, 2.05) is 17.8 Å². The molecule has 2 heterocycles. The number of aromatic nitrogens is 3. The first-order valence-electron chi connectivity index (χ1n) is 7.06. The van der Waals surface area contributed by atoms with Crippen LogP contribution >= 0.6 is 11.3 Å². The van der Waals surface area contributed by atoms with E-state index in [0.717, 1.165) is 29.5 Å². The zero-order valence-electron chi connectivity index (χ0n) is 12.2. The third-order valence-corrected chi connectivity index (χ3v) is 4.10. The number of ether oxygens (including phenoxy) is 1. The molecule has 0 saturated heterocycles. The second kappa shape index (κ2) is 6.70. The summed E-state index contributed by atoms with van der Waals surface area (Å²) in [6.07, 6.45) is 4.67. The van der Waals surface area contributed by atoms with Gasteiger partial charge in [0.2, 0.25) is 0 Å². The highest BCUT2D eigenvalue weighted by Crippen LogP contribution is 2.16. The van der Waals surface area contributed by atoms with Crippen molar-refractivity contribution in [3.8, 4) is 5.75 Å². The van der Waals surface area contributed by atoms with Crippen molar-refractivity contribution >= 4 is 11.3 Å². The van der Waals surface area contributed by atoms with E-state index in [-0.39, 0.29) is 5.82 Å². The monoisotopic (exact) mass is 317 g/mol. The Hall–Kier alpha value is -2.21. The fourth-order valence-electron chi connectivity index (χ4n) is 2.14. The van der Waals surface area contributed by atoms with Gasteiger partial charge in [0.25, 0.3) is 0 Å². The van der Waals surface area contributed by atoms with E-state index in [1.54, 1.807) is 23.5 Å². The van der Waals surface area contributed by atoms with E-state index < -0.39 is 0 Å². The lowest BCUT2D eigenvalue weighted by Gasteiger charge is -2.04. The number of hydrogen-bond donors (Lipinski definition) is 0. The van der Waals surface area contributed by atoms with Crippen LogP contribution in [0.2, 0.25) is 0 Å². The highest BCUT2D eigenvalue weighted by atomic mass is 32.1. The van der Waals surface area contributed by atoms with Crippen LogP contribution in [0.5, 0.6) is 5.75 Å². The minimum Gasteiger partial charge on any atom is -0.486 e. The van der Waals surface area contributed by atoms with E-state index in [4.69, 9.17) is 4.74 Å². The van der Waals surface area contributed by atoms with Crippen molar-refractivity contribution in [2.24, 2.45) is 0 Å². The Morgan fingerprint density at radius 1 is 1.27 bits per heavy atom. The smallest absolute Gasteiger partial charge is 0.140 e. The van der Waals surface area contributed by atoms with Gasteiger partial charge >= 0.3 is 0 Å². The number of rotatable bonds is 6. The first-order chi connectivity index (χ1) is 10.7. The van der Waals surface area contributed by atoms with E-state index in [9.17, 15) is 4.39 Å². The molecule has 0 bridgehead atoms. The summed E-state index contributed by atoms with van der Waals surface area (Å²) in [6, 6.07) is 5.99. The van der Waals surface area contributed by atoms with Crippen molar-refractivity contribution in [2.45, 2.75) is 26.5 Å². The number of hydrogen-bond acceptors (Lipinski definition) is 4. The van der Waals surface area contributed by atoms with E-state index in [1.165, 1.54) is 12.1 Å². The molecule has 0 amide bonds. The number of aryl methyl sites for hydroxylation is 1. The lowest BCUT2D eigenvalue weighted by molar-refractivity contribution is 0.305. The van der Waals surface area contributed by atoms with Gasteiger partial charge in [-0.1, -0.05) is 6.92 Å². The second-order valence-corrected chi connectivity index (χ2v) is 5.74. The number of nitrogens with zero attached hydrogens (tertiary/aromatic N) is 3. The minimum atomic E-state index is -0.268. The molecule has 0 fully saturated rings. The molecule has 0 radical (unpaired) electrons. The summed E-state index contributed by atoms with van der Waals surface area (Å²) in [7, 11) is 0. The fourth-order valence-corrected chi connectivity index (χ4v) is 2.83. The summed E-state index contributed by atoms with van der Waals surface area (Å²) < 4.78 is 20.5. The first-order valence-corrected chi connectivity index (χ1v) is 7.94. The van der Waals surface area contributed by atoms with Gasteiger partial charge in [-0.3, -0.25) is 0 Å². The van der Waals surface area contributed by atoms with Crippen LogP contribution in [0.4, 0.5) is 4.39 Å². The van der Waals surface area contributed by atoms with Crippen molar-refractivity contribution in [1.29, 1.82) is 0 Å². The van der Waals surface area contributed by atoms with Crippen molar-refractivity contribution < 1.29 is 9.13 Å². The Balaban J connectivity index is 1.60. The quantitative estimate of drug-likeness (QED) is 0.696. The minimum absolute atomic E-state index is 0.268. The molecule has 22 heavy (non-hydrogen) atoms. The zero-order chi connectivity index (χ0) is 15.4. The molecule has 6 heteroatoms. The molecule has 1 aromatic carbocycles. The van der Waals surface area contributed by atoms with Crippen molar-refractivity contribution in [1.82, 2.24) is 14.5 Å². The van der Waals surface area contributed by atoms with Crippen LogP contribution in [0.3, 0.4) is 0 Å². The Morgan fingerprint density at radius 2 is 2.09 bits per heavy atom. The highest BCUT2D eigenvalue weighted by molar-refractivity contribution is 7.09. The maximum absolute atomic E-state index is 12.8. The lowest BCUT2D eigenvalue weighted by Crippen LogP contribution is -2.04. The fraction of sp³-hybridized carbons (Fsp3) is 0.250. The van der Waals surface area contributed by atoms with Crippen LogP contribution in [0.15, 0.2) is 42.0 Å². The second-order valence-electron chi connectivity index (χ2n) is 4.80. The number of halogens is 1. The predicted octanol–water partition coefficient (Wildman–Crippen LogP) is 3.67. The van der Waals surface area contributed by atoms with Crippen LogP contribution in [-0.2, 0) is 19.6 Å². The standard InChI is InChI=1S/C16H16FN3OS/c1-2-15-18-7-8-20(15)9-13-11-22-16(19-13)10-21-14-5-3-12(17)4-6-14/h3-8,11H,2,9-10H2,1H3. The Morgan fingerprint density at radius 3 is 2.86 bits per heavy atom. The van der Waals surface area contributed by atoms with Crippen molar-refractivity contribution in [3.63, 3.8) is 0 Å². The van der Waals surface area contributed by atoms with Gasteiger partial charge in [-0.25, -0.2) is 14.4 Å². The van der Waals surface area contributed by atoms with Crippen LogP contribution < -0.4 is 4.74 Å². The van der Waals surface area contributed by atoms with Gasteiger partial charge in [0.15, 0.2) is 0 Å². The van der Waals surface area contributed by atoms with Crippen LogP contribution in [0.1, 0.15) is 23.4 Å². The maximum atomic E-state index is 12.8. The summed E-state index contributed by atoms with van der Waals surface area (Å²) in [5.41, 5.74) is 0.996. The van der Waals surface area contributed by atoms with Crippen molar-refractivity contribution in [3.05, 3.63) is 64.4 Å². The molecule has 0 atom stereocenters. The van der Waals surface area contributed by atoms with Gasteiger partial charge in [-0.15, -0.1) is 11.3 Å². The molecule has 0 saturated carbocycles. The average molecular weight is 317 g/mol. The van der Waals surface area contributed by atoms with Crippen LogP contribution in [0, 0.1) is 5.82 Å². The molecule has 3 aromatic rings. The van der Waals surface area contributed by atoms with Gasteiger partial charge < -0.3 is 9.30 Å². The van der Waals surface area contributed by atoms with E-state index in [0.29, 0.717) is 12.4 Å². The Labute approximate surface area is 132 Å². The molecule has 0 unspecified atom stereocenters. The van der Waals surface area contributed by atoms with Gasteiger partial charge in [0.05, 0.1) is 12.2 Å². The normalized spacial score (nSPS) is 10.8. The van der Waals surface area contributed by atoms with Crippen molar-refractivity contribution in [2.75, 3.05) is 0 Å². The molecule has 114 valence electrons. The summed E-state index contributed by atoms with van der Waals surface area (Å²) in [4.78, 5) is 8.87.